The van der Waals surface area contributed by atoms with E-state index in [-0.39, 0.29) is 16.7 Å². The van der Waals surface area contributed by atoms with Gasteiger partial charge in [0.2, 0.25) is 15.9 Å². The predicted molar refractivity (Wildman–Crippen MR) is 116 cm³/mol. The summed E-state index contributed by atoms with van der Waals surface area (Å²) in [5, 5.41) is 11.4. The van der Waals surface area contributed by atoms with Crippen molar-refractivity contribution in [3.63, 3.8) is 0 Å². The summed E-state index contributed by atoms with van der Waals surface area (Å²) in [4.78, 5) is 12.8. The van der Waals surface area contributed by atoms with Crippen LogP contribution in [-0.4, -0.2) is 48.8 Å². The molecule has 10 heteroatoms. The first-order valence-electron chi connectivity index (χ1n) is 10.7. The van der Waals surface area contributed by atoms with Crippen molar-refractivity contribution in [2.75, 3.05) is 13.7 Å². The molecule has 0 saturated carbocycles. The molecule has 0 unspecified atom stereocenters. The Balaban J connectivity index is 1.61. The number of carbonyl (C=O) groups is 1. The predicted octanol–water partition coefficient (Wildman–Crippen LogP) is 1.67. The van der Waals surface area contributed by atoms with Crippen molar-refractivity contribution in [3.8, 4) is 5.75 Å². The molecule has 3 rings (SSSR count). The van der Waals surface area contributed by atoms with E-state index in [9.17, 15) is 13.2 Å². The summed E-state index contributed by atoms with van der Waals surface area (Å²) in [6.45, 7) is 4.88. The second kappa shape index (κ2) is 10.2. The monoisotopic (exact) mass is 449 g/mol. The molecule has 2 N–H and O–H groups in total. The Hall–Kier alpha value is -2.46. The van der Waals surface area contributed by atoms with Crippen molar-refractivity contribution >= 4 is 15.9 Å². The van der Waals surface area contributed by atoms with Gasteiger partial charge in [0.15, 0.2) is 0 Å². The number of aromatic nitrogens is 3. The summed E-state index contributed by atoms with van der Waals surface area (Å²) < 4.78 is 35.2. The number of amides is 1. The third kappa shape index (κ3) is 5.82. The second-order valence-corrected chi connectivity index (χ2v) is 9.77. The highest BCUT2D eigenvalue weighted by atomic mass is 32.2. The van der Waals surface area contributed by atoms with E-state index in [4.69, 9.17) is 4.74 Å². The normalized spacial score (nSPS) is 15.2. The Morgan fingerprint density at radius 1 is 1.16 bits per heavy atom. The molecule has 0 bridgehead atoms. The number of hydrogen-bond donors (Lipinski definition) is 2. The molecule has 1 aliphatic heterocycles. The summed E-state index contributed by atoms with van der Waals surface area (Å²) in [6, 6.07) is 5.16. The minimum Gasteiger partial charge on any atom is -0.497 e. The summed E-state index contributed by atoms with van der Waals surface area (Å²) in [6.07, 6.45) is 4.90. The third-order valence-electron chi connectivity index (χ3n) is 5.43. The SMILES string of the molecule is COc1ccc(S(=O)(=O)N[C@H](C(=O)NCCc2nnc3n2CCCCC3)C(C)C)cc1. The molecule has 9 nitrogen and oxygen atoms in total. The smallest absolute Gasteiger partial charge is 0.241 e. The lowest BCUT2D eigenvalue weighted by molar-refractivity contribution is -0.123. The Kier molecular flexibility index (Phi) is 7.66. The maximum atomic E-state index is 12.8. The van der Waals surface area contributed by atoms with E-state index in [1.165, 1.54) is 25.7 Å². The number of carbonyl (C=O) groups excluding carboxylic acids is 1. The molecular weight excluding hydrogens is 418 g/mol. The molecule has 2 heterocycles. The Bertz CT molecular complexity index is 986. The van der Waals surface area contributed by atoms with E-state index in [0.29, 0.717) is 18.7 Å². The number of ether oxygens (including phenoxy) is 1. The summed E-state index contributed by atoms with van der Waals surface area (Å²) in [5.74, 6) is 1.84. The molecule has 1 amide bonds. The number of fused-ring (bicyclic) bond motifs is 1. The molecule has 0 radical (unpaired) electrons. The summed E-state index contributed by atoms with van der Waals surface area (Å²) in [5.41, 5.74) is 0. The fourth-order valence-corrected chi connectivity index (χ4v) is 4.96. The number of hydrogen-bond acceptors (Lipinski definition) is 6. The maximum absolute atomic E-state index is 12.8. The Labute approximate surface area is 183 Å². The Morgan fingerprint density at radius 3 is 2.58 bits per heavy atom. The highest BCUT2D eigenvalue weighted by Crippen LogP contribution is 2.17. The van der Waals surface area contributed by atoms with Crippen molar-refractivity contribution in [3.05, 3.63) is 35.9 Å². The maximum Gasteiger partial charge on any atom is 0.241 e. The lowest BCUT2D eigenvalue weighted by Gasteiger charge is -2.21. The van der Waals surface area contributed by atoms with Crippen LogP contribution in [0.5, 0.6) is 5.75 Å². The van der Waals surface area contributed by atoms with Gasteiger partial charge in [-0.05, 0) is 43.0 Å². The van der Waals surface area contributed by atoms with Gasteiger partial charge in [0.25, 0.3) is 0 Å². The van der Waals surface area contributed by atoms with Gasteiger partial charge < -0.3 is 14.6 Å². The fourth-order valence-electron chi connectivity index (χ4n) is 3.62. The van der Waals surface area contributed by atoms with Gasteiger partial charge in [-0.3, -0.25) is 4.79 Å². The minimum absolute atomic E-state index is 0.0814. The molecule has 1 aromatic heterocycles. The van der Waals surface area contributed by atoms with Crippen LogP contribution in [0.25, 0.3) is 0 Å². The quantitative estimate of drug-likeness (QED) is 0.602. The molecule has 0 spiro atoms. The molecule has 170 valence electrons. The van der Waals surface area contributed by atoms with Crippen LogP contribution in [0.15, 0.2) is 29.2 Å². The van der Waals surface area contributed by atoms with Crippen LogP contribution < -0.4 is 14.8 Å². The van der Waals surface area contributed by atoms with E-state index in [1.807, 2.05) is 0 Å². The first-order valence-corrected chi connectivity index (χ1v) is 12.1. The average Bonchev–Trinajstić information content (AvgIpc) is 2.97. The van der Waals surface area contributed by atoms with E-state index < -0.39 is 16.1 Å². The topological polar surface area (TPSA) is 115 Å². The van der Waals surface area contributed by atoms with Crippen LogP contribution in [0.2, 0.25) is 0 Å². The van der Waals surface area contributed by atoms with Crippen LogP contribution in [0.3, 0.4) is 0 Å². The van der Waals surface area contributed by atoms with Crippen LogP contribution in [0.4, 0.5) is 0 Å². The number of methoxy groups -OCH3 is 1. The zero-order valence-corrected chi connectivity index (χ0v) is 19.1. The van der Waals surface area contributed by atoms with E-state index in [2.05, 4.69) is 24.8 Å². The molecule has 1 aliphatic rings. The summed E-state index contributed by atoms with van der Waals surface area (Å²) in [7, 11) is -2.34. The Morgan fingerprint density at radius 2 is 1.90 bits per heavy atom. The van der Waals surface area contributed by atoms with Gasteiger partial charge in [0, 0.05) is 25.9 Å². The fraction of sp³-hybridized carbons (Fsp3) is 0.571. The molecule has 1 atom stereocenters. The number of aryl methyl sites for hydroxylation is 1. The highest BCUT2D eigenvalue weighted by Gasteiger charge is 2.28. The van der Waals surface area contributed by atoms with Crippen LogP contribution >= 0.6 is 0 Å². The lowest BCUT2D eigenvalue weighted by Crippen LogP contribution is -2.50. The molecule has 31 heavy (non-hydrogen) atoms. The molecular formula is C21H31N5O4S. The van der Waals surface area contributed by atoms with Gasteiger partial charge in [0.05, 0.1) is 12.0 Å². The van der Waals surface area contributed by atoms with Crippen molar-refractivity contribution in [2.45, 2.75) is 63.4 Å². The van der Waals surface area contributed by atoms with Crippen LogP contribution in [0.1, 0.15) is 44.8 Å². The zero-order valence-electron chi connectivity index (χ0n) is 18.3. The van der Waals surface area contributed by atoms with Crippen LogP contribution in [0, 0.1) is 5.92 Å². The first kappa shape index (κ1) is 23.2. The van der Waals surface area contributed by atoms with Crippen molar-refractivity contribution in [1.82, 2.24) is 24.8 Å². The third-order valence-corrected chi connectivity index (χ3v) is 6.89. The molecule has 0 saturated heterocycles. The highest BCUT2D eigenvalue weighted by molar-refractivity contribution is 7.89. The molecule has 1 aromatic carbocycles. The average molecular weight is 450 g/mol. The standard InChI is InChI=1S/C21H31N5O4S/c1-15(2)20(25-31(28,29)17-10-8-16(30-3)9-11-17)21(27)22-13-12-19-24-23-18-7-5-4-6-14-26(18)19/h8-11,15,20,25H,4-7,12-14H2,1-3H3,(H,22,27)/t20-/m0/s1. The van der Waals surface area contributed by atoms with Gasteiger partial charge in [0.1, 0.15) is 23.4 Å². The van der Waals surface area contributed by atoms with Crippen LogP contribution in [-0.2, 0) is 34.2 Å². The van der Waals surface area contributed by atoms with Gasteiger partial charge >= 0.3 is 0 Å². The van der Waals surface area contributed by atoms with E-state index in [1.54, 1.807) is 26.0 Å². The summed E-state index contributed by atoms with van der Waals surface area (Å²) >= 11 is 0. The molecule has 2 aromatic rings. The minimum atomic E-state index is -3.85. The molecule has 0 fully saturated rings. The number of sulfonamides is 1. The molecule has 0 aliphatic carbocycles. The van der Waals surface area contributed by atoms with Gasteiger partial charge in [-0.15, -0.1) is 10.2 Å². The van der Waals surface area contributed by atoms with Gasteiger partial charge in [-0.2, -0.15) is 4.72 Å². The largest absolute Gasteiger partial charge is 0.497 e. The van der Waals surface area contributed by atoms with Crippen molar-refractivity contribution < 1.29 is 17.9 Å². The first-order chi connectivity index (χ1) is 14.8. The van der Waals surface area contributed by atoms with Gasteiger partial charge in [-0.25, -0.2) is 8.42 Å². The van der Waals surface area contributed by atoms with Crippen molar-refractivity contribution in [1.29, 1.82) is 0 Å². The zero-order chi connectivity index (χ0) is 22.4. The van der Waals surface area contributed by atoms with Crippen molar-refractivity contribution in [2.24, 2.45) is 5.92 Å². The van der Waals surface area contributed by atoms with Gasteiger partial charge in [-0.1, -0.05) is 20.3 Å². The van der Waals surface area contributed by atoms with E-state index in [0.717, 1.165) is 37.5 Å². The van der Waals surface area contributed by atoms with E-state index >= 15 is 0 Å². The number of nitrogens with one attached hydrogen (secondary N) is 2. The lowest BCUT2D eigenvalue weighted by atomic mass is 10.1. The number of rotatable bonds is 9. The second-order valence-electron chi connectivity index (χ2n) is 8.05. The number of benzene rings is 1. The number of nitrogens with zero attached hydrogens (tertiary/aromatic N) is 3.